The first-order valence-electron chi connectivity index (χ1n) is 14.8. The van der Waals surface area contributed by atoms with E-state index in [0.717, 1.165) is 5.56 Å². The number of halogens is 1. The predicted molar refractivity (Wildman–Crippen MR) is 167 cm³/mol. The number of hydrogen-bond acceptors (Lipinski definition) is 10. The van der Waals surface area contributed by atoms with Crippen molar-refractivity contribution in [2.45, 2.75) is 83.4 Å². The fourth-order valence-electron chi connectivity index (χ4n) is 4.52. The van der Waals surface area contributed by atoms with Crippen LogP contribution in [0.4, 0.5) is 4.79 Å². The highest BCUT2D eigenvalue weighted by Crippen LogP contribution is 2.21. The SMILES string of the molecule is CC(C)[C@@H](C(O)C=O)N(C(=O)OCc1ccccc1Cl)C(=O)[C@H](CCC(=O)OCc1ccccc1)NC(=O)[C@@H](N)CCCCN. The second kappa shape index (κ2) is 19.5. The lowest BCUT2D eigenvalue weighted by Crippen LogP contribution is -2.60. The second-order valence-corrected chi connectivity index (χ2v) is 11.3. The zero-order valence-electron chi connectivity index (χ0n) is 25.6. The highest BCUT2D eigenvalue weighted by molar-refractivity contribution is 6.31. The number of carbonyl (C=O) groups is 5. The van der Waals surface area contributed by atoms with E-state index in [0.29, 0.717) is 34.9 Å². The van der Waals surface area contributed by atoms with Crippen molar-refractivity contribution in [3.63, 3.8) is 0 Å². The van der Waals surface area contributed by atoms with E-state index < -0.39 is 54.0 Å². The van der Waals surface area contributed by atoms with Crippen molar-refractivity contribution < 1.29 is 38.6 Å². The average Bonchev–Trinajstić information content (AvgIpc) is 3.03. The van der Waals surface area contributed by atoms with Gasteiger partial charge in [-0.1, -0.05) is 80.4 Å². The van der Waals surface area contributed by atoms with Crippen molar-refractivity contribution in [3.05, 3.63) is 70.7 Å². The molecule has 0 saturated carbocycles. The van der Waals surface area contributed by atoms with Gasteiger partial charge in [0.05, 0.1) is 12.1 Å². The number of nitrogens with zero attached hydrogens (tertiary/aromatic N) is 1. The monoisotopic (exact) mass is 646 g/mol. The van der Waals surface area contributed by atoms with Crippen LogP contribution in [0, 0.1) is 5.92 Å². The van der Waals surface area contributed by atoms with Crippen LogP contribution >= 0.6 is 11.6 Å². The maximum atomic E-state index is 14.1. The Hall–Kier alpha value is -3.84. The van der Waals surface area contributed by atoms with Crippen LogP contribution in [-0.4, -0.2) is 70.9 Å². The summed E-state index contributed by atoms with van der Waals surface area (Å²) in [5.74, 6) is -2.96. The lowest BCUT2D eigenvalue weighted by atomic mass is 9.96. The topological polar surface area (TPSA) is 191 Å². The number of imide groups is 1. The number of aliphatic hydroxyl groups is 1. The first-order chi connectivity index (χ1) is 21.5. The van der Waals surface area contributed by atoms with E-state index in [4.69, 9.17) is 32.5 Å². The molecule has 0 aliphatic carbocycles. The van der Waals surface area contributed by atoms with Gasteiger partial charge < -0.3 is 36.2 Å². The number of esters is 1. The number of ether oxygens (including phenoxy) is 2. The maximum absolute atomic E-state index is 14.1. The molecule has 3 amide bonds. The molecule has 0 bridgehead atoms. The summed E-state index contributed by atoms with van der Waals surface area (Å²) in [5, 5.41) is 13.4. The van der Waals surface area contributed by atoms with Crippen LogP contribution in [-0.2, 0) is 41.9 Å². The molecule has 13 heteroatoms. The summed E-state index contributed by atoms with van der Waals surface area (Å²) in [6, 6.07) is 11.7. The molecule has 2 aromatic carbocycles. The maximum Gasteiger partial charge on any atom is 0.417 e. The van der Waals surface area contributed by atoms with E-state index in [2.05, 4.69) is 5.32 Å². The molecular formula is C32H43ClN4O8. The Morgan fingerprint density at radius 3 is 2.27 bits per heavy atom. The standard InChI is InChI=1S/C32H43ClN4O8/c1-21(2)29(27(39)18-38)37(32(43)45-20-23-12-6-7-13-24(23)33)31(42)26(36-30(41)25(35)14-8-9-17-34)15-16-28(40)44-19-22-10-4-3-5-11-22/h3-7,10-13,18,21,25-27,29,39H,8-9,14-17,19-20,34-35H2,1-2H3,(H,36,41)/t25-,26-,27?,29-/m0/s1. The predicted octanol–water partition coefficient (Wildman–Crippen LogP) is 2.85. The molecule has 0 aliphatic heterocycles. The number of nitrogens with one attached hydrogen (secondary N) is 1. The van der Waals surface area contributed by atoms with Crippen LogP contribution in [0.3, 0.4) is 0 Å². The molecule has 45 heavy (non-hydrogen) atoms. The van der Waals surface area contributed by atoms with Gasteiger partial charge in [0.15, 0.2) is 6.29 Å². The number of aldehydes is 1. The largest absolute Gasteiger partial charge is 0.461 e. The summed E-state index contributed by atoms with van der Waals surface area (Å²) in [7, 11) is 0. The van der Waals surface area contributed by atoms with Gasteiger partial charge in [-0.3, -0.25) is 14.4 Å². The van der Waals surface area contributed by atoms with Crippen LogP contribution in [0.5, 0.6) is 0 Å². The van der Waals surface area contributed by atoms with Crippen molar-refractivity contribution in [1.29, 1.82) is 0 Å². The molecule has 1 unspecified atom stereocenters. The third kappa shape index (κ3) is 12.2. The number of benzene rings is 2. The molecule has 12 nitrogen and oxygen atoms in total. The number of carbonyl (C=O) groups excluding carboxylic acids is 5. The molecule has 2 rings (SSSR count). The number of hydrogen-bond donors (Lipinski definition) is 4. The third-order valence-electron chi connectivity index (χ3n) is 7.01. The Morgan fingerprint density at radius 2 is 1.64 bits per heavy atom. The molecule has 0 heterocycles. The minimum atomic E-state index is -1.77. The highest BCUT2D eigenvalue weighted by Gasteiger charge is 2.41. The molecule has 2 aromatic rings. The van der Waals surface area contributed by atoms with E-state index >= 15 is 0 Å². The Bertz CT molecular complexity index is 1260. The Kier molecular flexibility index (Phi) is 16.2. The highest BCUT2D eigenvalue weighted by atomic mass is 35.5. The van der Waals surface area contributed by atoms with E-state index in [1.807, 2.05) is 6.07 Å². The minimum Gasteiger partial charge on any atom is -0.461 e. The lowest BCUT2D eigenvalue weighted by molar-refractivity contribution is -0.146. The van der Waals surface area contributed by atoms with Crippen LogP contribution in [0.2, 0.25) is 5.02 Å². The van der Waals surface area contributed by atoms with Gasteiger partial charge >= 0.3 is 12.1 Å². The van der Waals surface area contributed by atoms with Gasteiger partial charge in [-0.15, -0.1) is 0 Å². The quantitative estimate of drug-likeness (QED) is 0.106. The number of rotatable bonds is 18. The van der Waals surface area contributed by atoms with Crippen molar-refractivity contribution in [3.8, 4) is 0 Å². The van der Waals surface area contributed by atoms with Crippen molar-refractivity contribution in [2.75, 3.05) is 6.54 Å². The van der Waals surface area contributed by atoms with Crippen LogP contribution in [0.25, 0.3) is 0 Å². The van der Waals surface area contributed by atoms with E-state index in [1.54, 1.807) is 62.4 Å². The number of aliphatic hydroxyl groups excluding tert-OH is 1. The summed E-state index contributed by atoms with van der Waals surface area (Å²) in [5.41, 5.74) is 12.8. The fraction of sp³-hybridized carbons (Fsp3) is 0.469. The van der Waals surface area contributed by atoms with Gasteiger partial charge in [0.1, 0.15) is 25.4 Å². The summed E-state index contributed by atoms with van der Waals surface area (Å²) in [4.78, 5) is 65.6. The summed E-state index contributed by atoms with van der Waals surface area (Å²) in [6.07, 6.45) is -1.84. The Labute approximate surface area is 268 Å². The molecule has 4 atom stereocenters. The first-order valence-corrected chi connectivity index (χ1v) is 15.2. The summed E-state index contributed by atoms with van der Waals surface area (Å²) < 4.78 is 10.7. The van der Waals surface area contributed by atoms with Gasteiger partial charge in [-0.2, -0.15) is 0 Å². The van der Waals surface area contributed by atoms with Gasteiger partial charge in [-0.25, -0.2) is 9.69 Å². The molecule has 0 aliphatic rings. The van der Waals surface area contributed by atoms with Gasteiger partial charge in [0, 0.05) is 17.0 Å². The van der Waals surface area contributed by atoms with Gasteiger partial charge in [0.25, 0.3) is 5.91 Å². The van der Waals surface area contributed by atoms with Crippen LogP contribution in [0.15, 0.2) is 54.6 Å². The van der Waals surface area contributed by atoms with Crippen molar-refractivity contribution in [1.82, 2.24) is 10.2 Å². The molecular weight excluding hydrogens is 604 g/mol. The molecule has 0 fully saturated rings. The normalized spacial score (nSPS) is 13.7. The van der Waals surface area contributed by atoms with Gasteiger partial charge in [0.2, 0.25) is 5.91 Å². The molecule has 0 spiro atoms. The minimum absolute atomic E-state index is 0.00188. The summed E-state index contributed by atoms with van der Waals surface area (Å²) in [6.45, 7) is 3.29. The third-order valence-corrected chi connectivity index (χ3v) is 7.38. The van der Waals surface area contributed by atoms with Crippen molar-refractivity contribution in [2.24, 2.45) is 17.4 Å². The smallest absolute Gasteiger partial charge is 0.417 e. The zero-order chi connectivity index (χ0) is 33.4. The Balaban J connectivity index is 2.35. The van der Waals surface area contributed by atoms with Crippen molar-refractivity contribution >= 4 is 41.8 Å². The first kappa shape index (κ1) is 37.3. The van der Waals surface area contributed by atoms with E-state index in [-0.39, 0.29) is 38.8 Å². The number of unbranched alkanes of at least 4 members (excludes halogenated alkanes) is 1. The number of nitrogens with two attached hydrogens (primary N) is 2. The molecule has 0 saturated heterocycles. The second-order valence-electron chi connectivity index (χ2n) is 10.9. The molecule has 0 aromatic heterocycles. The fourth-order valence-corrected chi connectivity index (χ4v) is 4.72. The lowest BCUT2D eigenvalue weighted by Gasteiger charge is -2.35. The van der Waals surface area contributed by atoms with Crippen LogP contribution < -0.4 is 16.8 Å². The zero-order valence-corrected chi connectivity index (χ0v) is 26.4. The molecule has 6 N–H and O–H groups in total. The molecule has 246 valence electrons. The summed E-state index contributed by atoms with van der Waals surface area (Å²) >= 11 is 6.19. The average molecular weight is 647 g/mol. The number of amides is 3. The van der Waals surface area contributed by atoms with E-state index in [9.17, 15) is 29.1 Å². The molecule has 0 radical (unpaired) electrons. The van der Waals surface area contributed by atoms with Crippen LogP contribution in [0.1, 0.15) is 57.1 Å². The Morgan fingerprint density at radius 1 is 0.978 bits per heavy atom. The van der Waals surface area contributed by atoms with E-state index in [1.165, 1.54) is 0 Å². The van der Waals surface area contributed by atoms with Gasteiger partial charge in [-0.05, 0) is 43.4 Å².